The number of hydrogen-bond acceptors (Lipinski definition) is 2. The van der Waals surface area contributed by atoms with Crippen LogP contribution in [0.4, 0.5) is 0 Å². The molecule has 1 aliphatic heterocycles. The van der Waals surface area contributed by atoms with Crippen LogP contribution in [-0.4, -0.2) is 29.7 Å². The van der Waals surface area contributed by atoms with Crippen LogP contribution in [0.1, 0.15) is 5.56 Å². The number of carbonyl (C=O) groups excluding carboxylic acids is 1. The fourth-order valence-electron chi connectivity index (χ4n) is 2.35. The molecule has 0 saturated carbocycles. The molecule has 0 aliphatic carbocycles. The van der Waals surface area contributed by atoms with E-state index >= 15 is 0 Å². The van der Waals surface area contributed by atoms with Gasteiger partial charge in [-0.05, 0) is 36.2 Å². The Balaban J connectivity index is 1.74. The first kappa shape index (κ1) is 12.0. The topological polar surface area (TPSA) is 43.3 Å². The van der Waals surface area contributed by atoms with E-state index in [9.17, 15) is 4.79 Å². The molecule has 2 aromatic rings. The van der Waals surface area contributed by atoms with E-state index in [0.717, 1.165) is 12.1 Å². The summed E-state index contributed by atoms with van der Waals surface area (Å²) in [6.45, 7) is 0.763. The number of ether oxygens (including phenoxy) is 1. The first-order chi connectivity index (χ1) is 9.31. The summed E-state index contributed by atoms with van der Waals surface area (Å²) in [5.41, 5.74) is 2.33. The Bertz CT molecular complexity index is 563. The van der Waals surface area contributed by atoms with Crippen molar-refractivity contribution in [3.05, 3.63) is 54.4 Å². The van der Waals surface area contributed by atoms with E-state index in [2.05, 4.69) is 28.1 Å². The van der Waals surface area contributed by atoms with Crippen molar-refractivity contribution in [2.75, 3.05) is 13.2 Å². The van der Waals surface area contributed by atoms with E-state index in [0.29, 0.717) is 6.61 Å². The Labute approximate surface area is 112 Å². The van der Waals surface area contributed by atoms with E-state index in [1.165, 1.54) is 5.56 Å². The number of hydrogen-bond donors (Lipinski definition) is 1. The Morgan fingerprint density at radius 2 is 2.11 bits per heavy atom. The highest BCUT2D eigenvalue weighted by atomic mass is 16.5. The van der Waals surface area contributed by atoms with E-state index in [-0.39, 0.29) is 18.6 Å². The van der Waals surface area contributed by atoms with Crippen molar-refractivity contribution in [1.29, 1.82) is 0 Å². The SMILES string of the molecule is O=C1COC[C@@H](Cc2cccc(-n3cccc3)c2)N1. The van der Waals surface area contributed by atoms with Crippen LogP contribution in [0.5, 0.6) is 0 Å². The first-order valence-corrected chi connectivity index (χ1v) is 6.41. The highest BCUT2D eigenvalue weighted by molar-refractivity contribution is 5.78. The number of amides is 1. The van der Waals surface area contributed by atoms with Gasteiger partial charge in [-0.3, -0.25) is 4.79 Å². The monoisotopic (exact) mass is 256 g/mol. The van der Waals surface area contributed by atoms with Gasteiger partial charge in [0.05, 0.1) is 12.6 Å². The Kier molecular flexibility index (Phi) is 3.33. The summed E-state index contributed by atoms with van der Waals surface area (Å²) in [7, 11) is 0. The summed E-state index contributed by atoms with van der Waals surface area (Å²) < 4.78 is 7.32. The predicted octanol–water partition coefficient (Wildman–Crippen LogP) is 1.53. The van der Waals surface area contributed by atoms with E-state index in [1.54, 1.807) is 0 Å². The normalized spacial score (nSPS) is 19.2. The van der Waals surface area contributed by atoms with Crippen molar-refractivity contribution in [2.45, 2.75) is 12.5 Å². The molecular formula is C15H16N2O2. The third-order valence-electron chi connectivity index (χ3n) is 3.21. The van der Waals surface area contributed by atoms with Gasteiger partial charge in [-0.1, -0.05) is 12.1 Å². The van der Waals surface area contributed by atoms with Crippen LogP contribution in [0.3, 0.4) is 0 Å². The maximum atomic E-state index is 11.3. The van der Waals surface area contributed by atoms with Gasteiger partial charge in [0.25, 0.3) is 0 Å². The summed E-state index contributed by atoms with van der Waals surface area (Å²) >= 11 is 0. The number of nitrogens with zero attached hydrogens (tertiary/aromatic N) is 1. The summed E-state index contributed by atoms with van der Waals surface area (Å²) in [6, 6.07) is 12.4. The van der Waals surface area contributed by atoms with Gasteiger partial charge in [-0.15, -0.1) is 0 Å². The molecule has 4 heteroatoms. The minimum atomic E-state index is -0.0298. The van der Waals surface area contributed by atoms with Crippen LogP contribution in [-0.2, 0) is 16.0 Å². The Morgan fingerprint density at radius 1 is 1.26 bits per heavy atom. The number of rotatable bonds is 3. The van der Waals surface area contributed by atoms with Crippen molar-refractivity contribution in [2.24, 2.45) is 0 Å². The van der Waals surface area contributed by atoms with E-state index in [4.69, 9.17) is 4.74 Å². The molecule has 98 valence electrons. The number of benzene rings is 1. The van der Waals surface area contributed by atoms with Gasteiger partial charge in [0, 0.05) is 18.1 Å². The third-order valence-corrected chi connectivity index (χ3v) is 3.21. The molecule has 1 N–H and O–H groups in total. The molecule has 1 fully saturated rings. The molecule has 1 amide bonds. The minimum Gasteiger partial charge on any atom is -0.369 e. The van der Waals surface area contributed by atoms with Gasteiger partial charge in [-0.2, -0.15) is 0 Å². The average Bonchev–Trinajstić information content (AvgIpc) is 2.93. The second-order valence-corrected chi connectivity index (χ2v) is 4.74. The number of carbonyl (C=O) groups is 1. The van der Waals surface area contributed by atoms with Crippen LogP contribution in [0.15, 0.2) is 48.8 Å². The lowest BCUT2D eigenvalue weighted by atomic mass is 10.1. The lowest BCUT2D eigenvalue weighted by Crippen LogP contribution is -2.46. The maximum absolute atomic E-state index is 11.3. The smallest absolute Gasteiger partial charge is 0.246 e. The molecule has 4 nitrogen and oxygen atoms in total. The lowest BCUT2D eigenvalue weighted by molar-refractivity contribution is -0.131. The molecule has 1 aliphatic rings. The van der Waals surface area contributed by atoms with Crippen LogP contribution in [0, 0.1) is 0 Å². The molecule has 2 heterocycles. The molecule has 1 aromatic carbocycles. The molecule has 1 atom stereocenters. The van der Waals surface area contributed by atoms with Gasteiger partial charge in [-0.25, -0.2) is 0 Å². The second kappa shape index (κ2) is 5.28. The van der Waals surface area contributed by atoms with Gasteiger partial charge in [0.15, 0.2) is 0 Å². The largest absolute Gasteiger partial charge is 0.369 e. The molecule has 0 bridgehead atoms. The van der Waals surface area contributed by atoms with Crippen molar-refractivity contribution < 1.29 is 9.53 Å². The van der Waals surface area contributed by atoms with E-state index < -0.39 is 0 Å². The van der Waals surface area contributed by atoms with Gasteiger partial charge < -0.3 is 14.6 Å². The van der Waals surface area contributed by atoms with Crippen molar-refractivity contribution in [3.63, 3.8) is 0 Å². The van der Waals surface area contributed by atoms with Crippen LogP contribution in [0.25, 0.3) is 5.69 Å². The minimum absolute atomic E-state index is 0.0298. The van der Waals surface area contributed by atoms with Crippen LogP contribution in [0.2, 0.25) is 0 Å². The fourth-order valence-corrected chi connectivity index (χ4v) is 2.35. The lowest BCUT2D eigenvalue weighted by Gasteiger charge is -2.23. The van der Waals surface area contributed by atoms with Crippen LogP contribution >= 0.6 is 0 Å². The highest BCUT2D eigenvalue weighted by Gasteiger charge is 2.18. The molecule has 0 spiro atoms. The van der Waals surface area contributed by atoms with Gasteiger partial charge in [0.2, 0.25) is 5.91 Å². The average molecular weight is 256 g/mol. The van der Waals surface area contributed by atoms with Crippen molar-refractivity contribution >= 4 is 5.91 Å². The predicted molar refractivity (Wildman–Crippen MR) is 72.2 cm³/mol. The zero-order valence-corrected chi connectivity index (χ0v) is 10.6. The highest BCUT2D eigenvalue weighted by Crippen LogP contribution is 2.13. The number of aromatic nitrogens is 1. The molecule has 1 saturated heterocycles. The Morgan fingerprint density at radius 3 is 2.89 bits per heavy atom. The van der Waals surface area contributed by atoms with Crippen molar-refractivity contribution in [1.82, 2.24) is 9.88 Å². The standard InChI is InChI=1S/C15H16N2O2/c18-15-11-19-10-13(16-15)8-12-4-3-5-14(9-12)17-6-1-2-7-17/h1-7,9,13H,8,10-11H2,(H,16,18)/t13-/m1/s1. The first-order valence-electron chi connectivity index (χ1n) is 6.41. The second-order valence-electron chi connectivity index (χ2n) is 4.74. The molecule has 0 unspecified atom stereocenters. The zero-order chi connectivity index (χ0) is 13.1. The molecule has 3 rings (SSSR count). The third kappa shape index (κ3) is 2.85. The summed E-state index contributed by atoms with van der Waals surface area (Å²) in [5, 5.41) is 2.95. The summed E-state index contributed by atoms with van der Waals surface area (Å²) in [5.74, 6) is -0.0298. The maximum Gasteiger partial charge on any atom is 0.246 e. The van der Waals surface area contributed by atoms with Crippen molar-refractivity contribution in [3.8, 4) is 5.69 Å². The summed E-state index contributed by atoms with van der Waals surface area (Å²) in [4.78, 5) is 11.3. The van der Waals surface area contributed by atoms with Gasteiger partial charge >= 0.3 is 0 Å². The summed E-state index contributed by atoms with van der Waals surface area (Å²) in [6.07, 6.45) is 4.83. The molecular weight excluding hydrogens is 240 g/mol. The fraction of sp³-hybridized carbons (Fsp3) is 0.267. The molecule has 0 radical (unpaired) electrons. The molecule has 1 aromatic heterocycles. The van der Waals surface area contributed by atoms with E-state index in [1.807, 2.05) is 30.6 Å². The number of nitrogens with one attached hydrogen (secondary N) is 1. The van der Waals surface area contributed by atoms with Gasteiger partial charge in [0.1, 0.15) is 6.61 Å². The molecule has 19 heavy (non-hydrogen) atoms. The van der Waals surface area contributed by atoms with Crippen LogP contribution < -0.4 is 5.32 Å². The zero-order valence-electron chi connectivity index (χ0n) is 10.6. The Hall–Kier alpha value is -2.07. The number of morpholine rings is 1. The quantitative estimate of drug-likeness (QED) is 0.905.